The zero-order valence-corrected chi connectivity index (χ0v) is 7.90. The minimum absolute atomic E-state index is 0.832. The van der Waals surface area contributed by atoms with E-state index < -0.39 is 0 Å². The molecule has 0 radical (unpaired) electrons. The maximum Gasteiger partial charge on any atom is 0.00951 e. The molecule has 0 bridgehead atoms. The molecule has 1 fully saturated rings. The third-order valence-electron chi connectivity index (χ3n) is 2.97. The molecule has 1 rings (SSSR count). The van der Waals surface area contributed by atoms with E-state index in [4.69, 9.17) is 0 Å². The maximum atomic E-state index is 3.62. The Hall–Kier alpha value is -0.0400. The Kier molecular flexibility index (Phi) is 3.92. The van der Waals surface area contributed by atoms with Gasteiger partial charge < -0.3 is 5.32 Å². The molecule has 0 aliphatic carbocycles. The Balaban J connectivity index is 2.30. The molecule has 1 nitrogen and oxygen atoms in total. The molecule has 0 amide bonds. The molecule has 1 aliphatic heterocycles. The minimum atomic E-state index is 0.832. The van der Waals surface area contributed by atoms with E-state index in [0.29, 0.717) is 0 Å². The zero-order valence-electron chi connectivity index (χ0n) is 7.90. The van der Waals surface area contributed by atoms with Crippen LogP contribution in [-0.4, -0.2) is 12.6 Å². The summed E-state index contributed by atoms with van der Waals surface area (Å²) in [5.41, 5.74) is 0. The molecular formula is C10H21N. The fourth-order valence-corrected chi connectivity index (χ4v) is 2.14. The van der Waals surface area contributed by atoms with E-state index in [0.717, 1.165) is 12.0 Å². The third kappa shape index (κ3) is 2.48. The number of piperidine rings is 1. The largest absolute Gasteiger partial charge is 0.314 e. The second-order valence-electron chi connectivity index (χ2n) is 3.63. The van der Waals surface area contributed by atoms with Gasteiger partial charge in [-0.1, -0.05) is 33.1 Å². The van der Waals surface area contributed by atoms with Crippen molar-refractivity contribution < 1.29 is 0 Å². The molecular weight excluding hydrogens is 134 g/mol. The molecule has 0 aromatic heterocycles. The Morgan fingerprint density at radius 2 is 2.00 bits per heavy atom. The van der Waals surface area contributed by atoms with Crippen molar-refractivity contribution in [3.05, 3.63) is 0 Å². The van der Waals surface area contributed by atoms with Gasteiger partial charge in [-0.3, -0.25) is 0 Å². The Bertz CT molecular complexity index is 91.0. The molecule has 1 atom stereocenters. The van der Waals surface area contributed by atoms with Gasteiger partial charge in [0.2, 0.25) is 0 Å². The van der Waals surface area contributed by atoms with Crippen LogP contribution in [0.5, 0.6) is 0 Å². The van der Waals surface area contributed by atoms with Gasteiger partial charge in [0, 0.05) is 6.04 Å². The molecule has 0 spiro atoms. The quantitative estimate of drug-likeness (QED) is 0.660. The van der Waals surface area contributed by atoms with E-state index in [2.05, 4.69) is 19.2 Å². The fourth-order valence-electron chi connectivity index (χ4n) is 2.14. The van der Waals surface area contributed by atoms with Gasteiger partial charge >= 0.3 is 0 Å². The summed E-state index contributed by atoms with van der Waals surface area (Å²) >= 11 is 0. The van der Waals surface area contributed by atoms with Crippen LogP contribution in [0.2, 0.25) is 0 Å². The van der Waals surface area contributed by atoms with Crippen LogP contribution < -0.4 is 5.32 Å². The van der Waals surface area contributed by atoms with Crippen molar-refractivity contribution in [1.82, 2.24) is 5.32 Å². The van der Waals surface area contributed by atoms with Crippen molar-refractivity contribution in [3.8, 4) is 0 Å². The lowest BCUT2D eigenvalue weighted by molar-refractivity contribution is 0.281. The van der Waals surface area contributed by atoms with Crippen LogP contribution in [0.25, 0.3) is 0 Å². The van der Waals surface area contributed by atoms with Crippen LogP contribution in [-0.2, 0) is 0 Å². The van der Waals surface area contributed by atoms with Gasteiger partial charge in [0.1, 0.15) is 0 Å². The first kappa shape index (κ1) is 9.05. The predicted octanol–water partition coefficient (Wildman–Crippen LogP) is 2.56. The summed E-state index contributed by atoms with van der Waals surface area (Å²) in [7, 11) is 0. The number of hydrogen-bond donors (Lipinski definition) is 1. The molecule has 0 unspecified atom stereocenters. The predicted molar refractivity (Wildman–Crippen MR) is 49.7 cm³/mol. The van der Waals surface area contributed by atoms with Crippen molar-refractivity contribution in [3.63, 3.8) is 0 Å². The van der Waals surface area contributed by atoms with Gasteiger partial charge in [-0.25, -0.2) is 0 Å². The number of nitrogens with one attached hydrogen (secondary N) is 1. The molecule has 1 aliphatic rings. The summed E-state index contributed by atoms with van der Waals surface area (Å²) in [6.45, 7) is 5.87. The molecule has 1 N–H and O–H groups in total. The second-order valence-corrected chi connectivity index (χ2v) is 3.63. The van der Waals surface area contributed by atoms with E-state index in [1.807, 2.05) is 0 Å². The smallest absolute Gasteiger partial charge is 0.00951 e. The highest BCUT2D eigenvalue weighted by Crippen LogP contribution is 2.20. The van der Waals surface area contributed by atoms with E-state index >= 15 is 0 Å². The van der Waals surface area contributed by atoms with Crippen molar-refractivity contribution >= 4 is 0 Å². The Morgan fingerprint density at radius 1 is 1.27 bits per heavy atom. The lowest BCUT2D eigenvalue weighted by Gasteiger charge is -2.30. The summed E-state index contributed by atoms with van der Waals surface area (Å²) in [6, 6.07) is 0.832. The van der Waals surface area contributed by atoms with Crippen LogP contribution in [0.1, 0.15) is 46.0 Å². The summed E-state index contributed by atoms with van der Waals surface area (Å²) in [5.74, 6) is 0.926. The van der Waals surface area contributed by atoms with Gasteiger partial charge in [0.15, 0.2) is 0 Å². The molecule has 66 valence electrons. The maximum absolute atomic E-state index is 3.62. The first-order valence-electron chi connectivity index (χ1n) is 5.11. The summed E-state index contributed by atoms with van der Waals surface area (Å²) in [6.07, 6.45) is 6.92. The highest BCUT2D eigenvalue weighted by Gasteiger charge is 2.19. The molecule has 0 saturated carbocycles. The standard InChI is InChI=1S/C10H21N/c1-3-9(4-2)10-7-5-6-8-11-10/h9-11H,3-8H2,1-2H3/t10-/m1/s1. The van der Waals surface area contributed by atoms with Crippen LogP contribution in [0.15, 0.2) is 0 Å². The van der Waals surface area contributed by atoms with Gasteiger partial charge in [0.25, 0.3) is 0 Å². The first-order chi connectivity index (χ1) is 5.38. The van der Waals surface area contributed by atoms with E-state index in [9.17, 15) is 0 Å². The molecule has 1 heteroatoms. The van der Waals surface area contributed by atoms with Crippen LogP contribution in [0.4, 0.5) is 0 Å². The van der Waals surface area contributed by atoms with E-state index in [1.54, 1.807) is 0 Å². The molecule has 0 aromatic rings. The summed E-state index contributed by atoms with van der Waals surface area (Å²) in [4.78, 5) is 0. The number of rotatable bonds is 3. The Morgan fingerprint density at radius 3 is 2.45 bits per heavy atom. The second kappa shape index (κ2) is 4.76. The van der Waals surface area contributed by atoms with Crippen molar-refractivity contribution in [2.75, 3.05) is 6.54 Å². The fraction of sp³-hybridized carbons (Fsp3) is 1.00. The van der Waals surface area contributed by atoms with Gasteiger partial charge in [-0.15, -0.1) is 0 Å². The first-order valence-corrected chi connectivity index (χ1v) is 5.11. The molecule has 1 heterocycles. The Labute approximate surface area is 70.6 Å². The summed E-state index contributed by atoms with van der Waals surface area (Å²) < 4.78 is 0. The van der Waals surface area contributed by atoms with Crippen LogP contribution in [0, 0.1) is 5.92 Å². The monoisotopic (exact) mass is 155 g/mol. The van der Waals surface area contributed by atoms with Crippen molar-refractivity contribution in [2.45, 2.75) is 52.0 Å². The number of hydrogen-bond acceptors (Lipinski definition) is 1. The average Bonchev–Trinajstić information content (AvgIpc) is 2.09. The lowest BCUT2D eigenvalue weighted by Crippen LogP contribution is -2.39. The normalized spacial score (nSPS) is 25.9. The van der Waals surface area contributed by atoms with E-state index in [1.165, 1.54) is 38.6 Å². The minimum Gasteiger partial charge on any atom is -0.314 e. The van der Waals surface area contributed by atoms with Gasteiger partial charge in [0.05, 0.1) is 0 Å². The topological polar surface area (TPSA) is 12.0 Å². The van der Waals surface area contributed by atoms with Crippen molar-refractivity contribution in [1.29, 1.82) is 0 Å². The van der Waals surface area contributed by atoms with Crippen molar-refractivity contribution in [2.24, 2.45) is 5.92 Å². The third-order valence-corrected chi connectivity index (χ3v) is 2.97. The summed E-state index contributed by atoms with van der Waals surface area (Å²) in [5, 5.41) is 3.62. The van der Waals surface area contributed by atoms with Crippen LogP contribution in [0.3, 0.4) is 0 Å². The SMILES string of the molecule is CCC(CC)[C@H]1CCCCN1. The van der Waals surface area contributed by atoms with Crippen LogP contribution >= 0.6 is 0 Å². The van der Waals surface area contributed by atoms with Gasteiger partial charge in [-0.2, -0.15) is 0 Å². The molecule has 0 aromatic carbocycles. The average molecular weight is 155 g/mol. The van der Waals surface area contributed by atoms with E-state index in [-0.39, 0.29) is 0 Å². The highest BCUT2D eigenvalue weighted by atomic mass is 14.9. The lowest BCUT2D eigenvalue weighted by atomic mass is 9.88. The van der Waals surface area contributed by atoms with Gasteiger partial charge in [-0.05, 0) is 25.3 Å². The highest BCUT2D eigenvalue weighted by molar-refractivity contribution is 4.77. The molecule has 1 saturated heterocycles. The molecule has 11 heavy (non-hydrogen) atoms. The zero-order chi connectivity index (χ0) is 8.10.